The van der Waals surface area contributed by atoms with Gasteiger partial charge in [0, 0.05) is 51.2 Å². The van der Waals surface area contributed by atoms with Crippen molar-refractivity contribution in [2.75, 3.05) is 0 Å². The van der Waals surface area contributed by atoms with E-state index in [1.165, 1.54) is 71.8 Å². The molecule has 9 aromatic rings. The lowest BCUT2D eigenvalue weighted by atomic mass is 9.98. The summed E-state index contributed by atoms with van der Waals surface area (Å²) >= 11 is 0. The van der Waals surface area contributed by atoms with Crippen LogP contribution in [0.25, 0.3) is 72.4 Å². The van der Waals surface area contributed by atoms with Crippen molar-refractivity contribution < 1.29 is 0 Å². The van der Waals surface area contributed by atoms with Gasteiger partial charge in [0.2, 0.25) is 0 Å². The summed E-state index contributed by atoms with van der Waals surface area (Å²) in [4.78, 5) is 8.35. The first-order valence-corrected chi connectivity index (χ1v) is 17.6. The van der Waals surface area contributed by atoms with Crippen LogP contribution >= 0.6 is 0 Å². The van der Waals surface area contributed by atoms with Gasteiger partial charge in [-0.3, -0.25) is 9.98 Å². The normalized spacial score (nSPS) is 11.6. The van der Waals surface area contributed by atoms with E-state index in [0.717, 1.165) is 23.3 Å². The SMILES string of the molecule is C=N/C=C\c1c(C)n(-c2ccc(-c3ccc(Cc4ccc(-c5ccc(-n6c7ccccc7c7ccncc76)cc5)cc4)cc3)cc2)c2ccccc12. The summed E-state index contributed by atoms with van der Waals surface area (Å²) in [5.74, 6) is 0. The first kappa shape index (κ1) is 31.2. The van der Waals surface area contributed by atoms with Crippen molar-refractivity contribution in [1.82, 2.24) is 14.1 Å². The standard InChI is InChI=1S/C48H36N4/c1-33-42(27-29-49-2)43-7-3-5-9-46(43)51(33)40-23-19-38(20-24-40)36-15-11-34(12-16-36)31-35-13-17-37(18-14-35)39-21-25-41(26-22-39)52-47-10-6-4-8-44(47)45-28-30-50-32-48(45)52/h3-30,32H,2,31H2,1H3/b29-27-. The third-order valence-corrected chi connectivity index (χ3v) is 10.2. The Bertz CT molecular complexity index is 2690. The van der Waals surface area contributed by atoms with E-state index < -0.39 is 0 Å². The molecule has 3 aromatic heterocycles. The Morgan fingerprint density at radius 3 is 1.60 bits per heavy atom. The molecule has 0 fully saturated rings. The van der Waals surface area contributed by atoms with Gasteiger partial charge >= 0.3 is 0 Å². The van der Waals surface area contributed by atoms with Crippen molar-refractivity contribution >= 4 is 45.5 Å². The largest absolute Gasteiger partial charge is 0.313 e. The van der Waals surface area contributed by atoms with Gasteiger partial charge in [-0.15, -0.1) is 0 Å². The summed E-state index contributed by atoms with van der Waals surface area (Å²) < 4.78 is 4.62. The van der Waals surface area contributed by atoms with E-state index in [9.17, 15) is 0 Å². The van der Waals surface area contributed by atoms with Crippen LogP contribution in [0.4, 0.5) is 0 Å². The first-order chi connectivity index (χ1) is 25.7. The summed E-state index contributed by atoms with van der Waals surface area (Å²) in [5.41, 5.74) is 15.5. The molecule has 9 rings (SSSR count). The highest BCUT2D eigenvalue weighted by Crippen LogP contribution is 2.33. The second-order valence-electron chi connectivity index (χ2n) is 13.3. The molecule has 248 valence electrons. The van der Waals surface area contributed by atoms with Crippen LogP contribution in [0.5, 0.6) is 0 Å². The van der Waals surface area contributed by atoms with E-state index in [4.69, 9.17) is 0 Å². The molecule has 3 heterocycles. The van der Waals surface area contributed by atoms with Crippen LogP contribution in [0.1, 0.15) is 22.4 Å². The maximum absolute atomic E-state index is 4.42. The predicted molar refractivity (Wildman–Crippen MR) is 219 cm³/mol. The lowest BCUT2D eigenvalue weighted by molar-refractivity contribution is 1.05. The van der Waals surface area contributed by atoms with Gasteiger partial charge in [0.15, 0.2) is 0 Å². The van der Waals surface area contributed by atoms with Gasteiger partial charge in [0.25, 0.3) is 0 Å². The summed E-state index contributed by atoms with van der Waals surface area (Å²) in [6, 6.07) is 54.8. The molecule has 0 spiro atoms. The molecular weight excluding hydrogens is 633 g/mol. The fourth-order valence-electron chi connectivity index (χ4n) is 7.63. The molecule has 6 aromatic carbocycles. The van der Waals surface area contributed by atoms with Gasteiger partial charge in [0.1, 0.15) is 0 Å². The maximum Gasteiger partial charge on any atom is 0.0724 e. The lowest BCUT2D eigenvalue weighted by Crippen LogP contribution is -1.96. The van der Waals surface area contributed by atoms with Crippen LogP contribution in [0.3, 0.4) is 0 Å². The number of fused-ring (bicyclic) bond motifs is 4. The number of rotatable bonds is 8. The summed E-state index contributed by atoms with van der Waals surface area (Å²) in [6.07, 6.45) is 8.51. The monoisotopic (exact) mass is 668 g/mol. The Hall–Kier alpha value is -6.78. The molecule has 4 heteroatoms. The number of hydrogen-bond donors (Lipinski definition) is 0. The number of pyridine rings is 1. The van der Waals surface area contributed by atoms with Crippen molar-refractivity contribution in [3.05, 3.63) is 193 Å². The Balaban J connectivity index is 0.900. The van der Waals surface area contributed by atoms with Crippen LogP contribution in [0.15, 0.2) is 175 Å². The zero-order chi connectivity index (χ0) is 35.0. The van der Waals surface area contributed by atoms with Gasteiger partial charge in [-0.1, -0.05) is 109 Å². The van der Waals surface area contributed by atoms with Crippen LogP contribution < -0.4 is 0 Å². The lowest BCUT2D eigenvalue weighted by Gasteiger charge is -2.11. The minimum Gasteiger partial charge on any atom is -0.313 e. The Morgan fingerprint density at radius 1 is 0.538 bits per heavy atom. The third kappa shape index (κ3) is 5.51. The second-order valence-corrected chi connectivity index (χ2v) is 13.3. The molecular formula is C48H36N4. The van der Waals surface area contributed by atoms with Crippen molar-refractivity contribution in [3.63, 3.8) is 0 Å². The molecule has 0 amide bonds. The van der Waals surface area contributed by atoms with Crippen LogP contribution in [0.2, 0.25) is 0 Å². The van der Waals surface area contributed by atoms with Gasteiger partial charge < -0.3 is 9.13 Å². The summed E-state index contributed by atoms with van der Waals surface area (Å²) in [6.45, 7) is 5.76. The van der Waals surface area contributed by atoms with Crippen LogP contribution in [-0.2, 0) is 6.42 Å². The summed E-state index contributed by atoms with van der Waals surface area (Å²) in [7, 11) is 0. The number of benzene rings is 6. The van der Waals surface area contributed by atoms with Gasteiger partial charge in [0.05, 0.1) is 22.7 Å². The topological polar surface area (TPSA) is 35.1 Å². The zero-order valence-corrected chi connectivity index (χ0v) is 28.9. The highest BCUT2D eigenvalue weighted by molar-refractivity contribution is 6.08. The van der Waals surface area contributed by atoms with Gasteiger partial charge in [-0.05, 0) is 102 Å². The minimum absolute atomic E-state index is 0.887. The fraction of sp³-hybridized carbons (Fsp3) is 0.0417. The second kappa shape index (κ2) is 13.2. The van der Waals surface area contributed by atoms with Crippen molar-refractivity contribution in [1.29, 1.82) is 0 Å². The smallest absolute Gasteiger partial charge is 0.0724 e. The molecule has 0 saturated heterocycles. The van der Waals surface area contributed by atoms with Crippen LogP contribution in [-0.4, -0.2) is 20.8 Å². The Labute approximate surface area is 303 Å². The average molecular weight is 669 g/mol. The quantitative estimate of drug-likeness (QED) is 0.148. The molecule has 0 aliphatic heterocycles. The maximum atomic E-state index is 4.42. The molecule has 52 heavy (non-hydrogen) atoms. The van der Waals surface area contributed by atoms with Crippen LogP contribution in [0, 0.1) is 6.92 Å². The highest BCUT2D eigenvalue weighted by atomic mass is 15.0. The first-order valence-electron chi connectivity index (χ1n) is 17.6. The highest BCUT2D eigenvalue weighted by Gasteiger charge is 2.14. The van der Waals surface area contributed by atoms with E-state index >= 15 is 0 Å². The van der Waals surface area contributed by atoms with Crippen molar-refractivity contribution in [2.24, 2.45) is 4.99 Å². The molecule has 0 N–H and O–H groups in total. The van der Waals surface area contributed by atoms with E-state index in [0.29, 0.717) is 0 Å². The van der Waals surface area contributed by atoms with Gasteiger partial charge in [-0.25, -0.2) is 0 Å². The zero-order valence-electron chi connectivity index (χ0n) is 28.9. The average Bonchev–Trinajstić information content (AvgIpc) is 3.69. The van der Waals surface area contributed by atoms with E-state index in [-0.39, 0.29) is 0 Å². The van der Waals surface area contributed by atoms with Crippen molar-refractivity contribution in [2.45, 2.75) is 13.3 Å². The number of aliphatic imine (C=N–C) groups is 1. The molecule has 0 saturated carbocycles. The minimum atomic E-state index is 0.887. The Morgan fingerprint density at radius 2 is 1.02 bits per heavy atom. The number of aromatic nitrogens is 3. The molecule has 4 nitrogen and oxygen atoms in total. The molecule has 0 atom stereocenters. The molecule has 0 unspecified atom stereocenters. The number of hydrogen-bond acceptors (Lipinski definition) is 2. The predicted octanol–water partition coefficient (Wildman–Crippen LogP) is 12.0. The van der Waals surface area contributed by atoms with Gasteiger partial charge in [-0.2, -0.15) is 0 Å². The molecule has 0 radical (unpaired) electrons. The third-order valence-electron chi connectivity index (χ3n) is 10.2. The van der Waals surface area contributed by atoms with Crippen molar-refractivity contribution in [3.8, 4) is 33.6 Å². The molecule has 0 aliphatic carbocycles. The fourth-order valence-corrected chi connectivity index (χ4v) is 7.63. The number of para-hydroxylation sites is 2. The number of nitrogens with zero attached hydrogens (tertiary/aromatic N) is 4. The Kier molecular flexibility index (Phi) is 7.90. The van der Waals surface area contributed by atoms with E-state index in [2.05, 4.69) is 184 Å². The van der Waals surface area contributed by atoms with E-state index in [1.807, 2.05) is 18.5 Å². The van der Waals surface area contributed by atoms with E-state index in [1.54, 1.807) is 6.20 Å². The summed E-state index contributed by atoms with van der Waals surface area (Å²) in [5, 5.41) is 3.67. The molecule has 0 aliphatic rings. The molecule has 0 bridgehead atoms.